The molecule has 1 amide bonds. The topological polar surface area (TPSA) is 102 Å². The molecule has 0 aliphatic carbocycles. The standard InChI is InChI=1S/C16H24N2O5S/c1-12(2)18-24(21,22)14-8-6-7-13(11-14)16(20)17-10-5-4-9-15(19)23-3/h6-8,11-12,18H,4-5,9-10H2,1-3H3,(H,17,20). The Kier molecular flexibility index (Phi) is 7.87. The van der Waals surface area contributed by atoms with E-state index in [4.69, 9.17) is 0 Å². The fourth-order valence-corrected chi connectivity index (χ4v) is 3.28. The molecule has 0 saturated heterocycles. The van der Waals surface area contributed by atoms with Crippen molar-refractivity contribution < 1.29 is 22.7 Å². The highest BCUT2D eigenvalue weighted by Crippen LogP contribution is 2.12. The first-order valence-electron chi connectivity index (χ1n) is 7.73. The van der Waals surface area contributed by atoms with Gasteiger partial charge in [-0.05, 0) is 44.9 Å². The second kappa shape index (κ2) is 9.39. The molecule has 2 N–H and O–H groups in total. The summed E-state index contributed by atoms with van der Waals surface area (Å²) in [6, 6.07) is 5.63. The van der Waals surface area contributed by atoms with Crippen LogP contribution in [-0.4, -0.2) is 40.0 Å². The number of hydrogen-bond acceptors (Lipinski definition) is 5. The van der Waals surface area contributed by atoms with E-state index in [2.05, 4.69) is 14.8 Å². The van der Waals surface area contributed by atoms with E-state index in [0.29, 0.717) is 25.8 Å². The smallest absolute Gasteiger partial charge is 0.305 e. The number of carbonyl (C=O) groups excluding carboxylic acids is 2. The summed E-state index contributed by atoms with van der Waals surface area (Å²) >= 11 is 0. The summed E-state index contributed by atoms with van der Waals surface area (Å²) in [6.07, 6.45) is 1.55. The number of unbranched alkanes of at least 4 members (excludes halogenated alkanes) is 1. The lowest BCUT2D eigenvalue weighted by Gasteiger charge is -2.11. The number of hydrogen-bond donors (Lipinski definition) is 2. The molecule has 8 heteroatoms. The molecule has 7 nitrogen and oxygen atoms in total. The third-order valence-electron chi connectivity index (χ3n) is 3.12. The van der Waals surface area contributed by atoms with Crippen molar-refractivity contribution in [1.29, 1.82) is 0 Å². The summed E-state index contributed by atoms with van der Waals surface area (Å²) in [5.41, 5.74) is 0.273. The molecule has 0 saturated carbocycles. The fourth-order valence-electron chi connectivity index (χ4n) is 1.98. The van der Waals surface area contributed by atoms with Gasteiger partial charge in [-0.1, -0.05) is 6.07 Å². The summed E-state index contributed by atoms with van der Waals surface area (Å²) in [5, 5.41) is 2.70. The molecule has 0 atom stereocenters. The molecule has 0 aliphatic heterocycles. The van der Waals surface area contributed by atoms with Crippen molar-refractivity contribution in [3.8, 4) is 0 Å². The molecule has 1 aromatic carbocycles. The van der Waals surface area contributed by atoms with Gasteiger partial charge in [-0.3, -0.25) is 9.59 Å². The van der Waals surface area contributed by atoms with E-state index in [9.17, 15) is 18.0 Å². The number of sulfonamides is 1. The van der Waals surface area contributed by atoms with E-state index in [-0.39, 0.29) is 28.4 Å². The van der Waals surface area contributed by atoms with Gasteiger partial charge in [0.1, 0.15) is 0 Å². The van der Waals surface area contributed by atoms with Gasteiger partial charge in [-0.2, -0.15) is 0 Å². The van der Waals surface area contributed by atoms with Crippen LogP contribution < -0.4 is 10.0 Å². The van der Waals surface area contributed by atoms with Gasteiger partial charge in [0.2, 0.25) is 10.0 Å². The first-order chi connectivity index (χ1) is 11.3. The maximum absolute atomic E-state index is 12.1. The summed E-state index contributed by atoms with van der Waals surface area (Å²) < 4.78 is 31.2. The molecule has 0 aromatic heterocycles. The van der Waals surface area contributed by atoms with E-state index in [1.807, 2.05) is 0 Å². The Labute approximate surface area is 142 Å². The van der Waals surface area contributed by atoms with Gasteiger partial charge < -0.3 is 10.1 Å². The highest BCUT2D eigenvalue weighted by Gasteiger charge is 2.17. The quantitative estimate of drug-likeness (QED) is 0.515. The van der Waals surface area contributed by atoms with Crippen molar-refractivity contribution in [3.63, 3.8) is 0 Å². The van der Waals surface area contributed by atoms with Crippen LogP contribution in [-0.2, 0) is 19.6 Å². The molecule has 0 bridgehead atoms. The zero-order valence-electron chi connectivity index (χ0n) is 14.2. The van der Waals surface area contributed by atoms with Crippen LogP contribution in [0, 0.1) is 0 Å². The predicted octanol–water partition coefficient (Wildman–Crippen LogP) is 1.45. The Hall–Kier alpha value is -1.93. The van der Waals surface area contributed by atoms with Crippen LogP contribution in [0.4, 0.5) is 0 Å². The van der Waals surface area contributed by atoms with E-state index < -0.39 is 10.0 Å². The Bertz CT molecular complexity index is 671. The molecule has 0 spiro atoms. The molecular weight excluding hydrogens is 332 g/mol. The number of ether oxygens (including phenoxy) is 1. The Balaban J connectivity index is 2.60. The average molecular weight is 356 g/mol. The number of nitrogens with one attached hydrogen (secondary N) is 2. The Morgan fingerprint density at radius 2 is 1.92 bits per heavy atom. The first-order valence-corrected chi connectivity index (χ1v) is 9.22. The maximum atomic E-state index is 12.1. The third-order valence-corrected chi connectivity index (χ3v) is 4.77. The summed E-state index contributed by atoms with van der Waals surface area (Å²) in [5.74, 6) is -0.633. The van der Waals surface area contributed by atoms with Crippen molar-refractivity contribution in [2.24, 2.45) is 0 Å². The SMILES string of the molecule is COC(=O)CCCCNC(=O)c1cccc(S(=O)(=O)NC(C)C)c1. The van der Waals surface area contributed by atoms with Crippen LogP contribution in [0.3, 0.4) is 0 Å². The minimum Gasteiger partial charge on any atom is -0.469 e. The summed E-state index contributed by atoms with van der Waals surface area (Å²) in [6.45, 7) is 3.85. The van der Waals surface area contributed by atoms with Crippen LogP contribution in [0.25, 0.3) is 0 Å². The van der Waals surface area contributed by atoms with Crippen LogP contribution in [0.15, 0.2) is 29.2 Å². The average Bonchev–Trinajstić information content (AvgIpc) is 2.53. The number of amides is 1. The van der Waals surface area contributed by atoms with Crippen LogP contribution >= 0.6 is 0 Å². The Morgan fingerprint density at radius 3 is 2.54 bits per heavy atom. The van der Waals surface area contributed by atoms with Crippen molar-refractivity contribution in [2.45, 2.75) is 44.0 Å². The van der Waals surface area contributed by atoms with Gasteiger partial charge in [0, 0.05) is 24.6 Å². The lowest BCUT2D eigenvalue weighted by Crippen LogP contribution is -2.30. The lowest BCUT2D eigenvalue weighted by atomic mass is 10.2. The number of carbonyl (C=O) groups is 2. The molecule has 1 aromatic rings. The molecule has 0 heterocycles. The minimum atomic E-state index is -3.64. The van der Waals surface area contributed by atoms with Gasteiger partial charge in [-0.15, -0.1) is 0 Å². The maximum Gasteiger partial charge on any atom is 0.305 e. The number of rotatable bonds is 9. The number of methoxy groups -OCH3 is 1. The molecule has 1 rings (SSSR count). The second-order valence-electron chi connectivity index (χ2n) is 5.59. The molecule has 24 heavy (non-hydrogen) atoms. The van der Waals surface area contributed by atoms with Crippen molar-refractivity contribution >= 4 is 21.9 Å². The van der Waals surface area contributed by atoms with Gasteiger partial charge in [-0.25, -0.2) is 13.1 Å². The van der Waals surface area contributed by atoms with Crippen molar-refractivity contribution in [3.05, 3.63) is 29.8 Å². The van der Waals surface area contributed by atoms with E-state index >= 15 is 0 Å². The highest BCUT2D eigenvalue weighted by molar-refractivity contribution is 7.89. The van der Waals surface area contributed by atoms with E-state index in [0.717, 1.165) is 0 Å². The molecule has 0 aliphatic rings. The zero-order valence-corrected chi connectivity index (χ0v) is 15.0. The first kappa shape index (κ1) is 20.1. The molecule has 0 fully saturated rings. The molecular formula is C16H24N2O5S. The largest absolute Gasteiger partial charge is 0.469 e. The monoisotopic (exact) mass is 356 g/mol. The fraction of sp³-hybridized carbons (Fsp3) is 0.500. The molecule has 134 valence electrons. The van der Waals surface area contributed by atoms with Crippen molar-refractivity contribution in [2.75, 3.05) is 13.7 Å². The summed E-state index contributed by atoms with van der Waals surface area (Å²) in [4.78, 5) is 23.1. The van der Waals surface area contributed by atoms with Gasteiger partial charge in [0.15, 0.2) is 0 Å². The van der Waals surface area contributed by atoms with Crippen LogP contribution in [0.1, 0.15) is 43.5 Å². The Morgan fingerprint density at radius 1 is 1.21 bits per heavy atom. The molecule has 0 radical (unpaired) electrons. The minimum absolute atomic E-state index is 0.0505. The highest BCUT2D eigenvalue weighted by atomic mass is 32.2. The van der Waals surface area contributed by atoms with Gasteiger partial charge in [0.05, 0.1) is 12.0 Å². The van der Waals surface area contributed by atoms with Gasteiger partial charge >= 0.3 is 5.97 Å². The number of esters is 1. The van der Waals surface area contributed by atoms with E-state index in [1.165, 1.54) is 25.3 Å². The number of benzene rings is 1. The zero-order chi connectivity index (χ0) is 18.2. The van der Waals surface area contributed by atoms with Gasteiger partial charge in [0.25, 0.3) is 5.91 Å². The van der Waals surface area contributed by atoms with Crippen LogP contribution in [0.2, 0.25) is 0 Å². The molecule has 0 unspecified atom stereocenters. The normalized spacial score (nSPS) is 11.3. The van der Waals surface area contributed by atoms with E-state index in [1.54, 1.807) is 19.9 Å². The van der Waals surface area contributed by atoms with Crippen LogP contribution in [0.5, 0.6) is 0 Å². The lowest BCUT2D eigenvalue weighted by molar-refractivity contribution is -0.140. The second-order valence-corrected chi connectivity index (χ2v) is 7.31. The van der Waals surface area contributed by atoms with Crippen molar-refractivity contribution in [1.82, 2.24) is 10.0 Å². The summed E-state index contributed by atoms with van der Waals surface area (Å²) in [7, 11) is -2.31. The third kappa shape index (κ3) is 6.67. The predicted molar refractivity (Wildman–Crippen MR) is 90.1 cm³/mol.